The molecule has 8 heteroatoms. The highest BCUT2D eigenvalue weighted by molar-refractivity contribution is 7.89. The fourth-order valence-electron chi connectivity index (χ4n) is 2.98. The predicted octanol–water partition coefficient (Wildman–Crippen LogP) is 3.93. The molecule has 0 bridgehead atoms. The van der Waals surface area contributed by atoms with Crippen LogP contribution in [0.15, 0.2) is 77.8 Å². The zero-order valence-corrected chi connectivity index (χ0v) is 17.4. The first-order valence-corrected chi connectivity index (χ1v) is 10.5. The molecule has 1 unspecified atom stereocenters. The molecule has 0 saturated heterocycles. The largest absolute Gasteiger partial charge is 0.465 e. The van der Waals surface area contributed by atoms with Gasteiger partial charge in [0.2, 0.25) is 10.0 Å². The summed E-state index contributed by atoms with van der Waals surface area (Å²) in [5.74, 6) is -0.648. The Hall–Kier alpha value is -2.74. The van der Waals surface area contributed by atoms with Crippen molar-refractivity contribution in [2.45, 2.75) is 10.9 Å². The van der Waals surface area contributed by atoms with Gasteiger partial charge in [0.1, 0.15) is 4.90 Å². The molecular formula is C21H19ClN2O4S. The monoisotopic (exact) mass is 430 g/mol. The van der Waals surface area contributed by atoms with E-state index in [1.54, 1.807) is 24.4 Å². The standard InChI is InChI=1S/C21H19ClN2O4S/c1-24(20(15-8-4-3-5-9-15)18-10-6-7-13-23-18)29(26,27)19-14-16(21(25)28-2)11-12-17(19)22/h3-14,20H,1-2H3. The number of methoxy groups -OCH3 is 1. The molecule has 29 heavy (non-hydrogen) atoms. The lowest BCUT2D eigenvalue weighted by atomic mass is 10.0. The summed E-state index contributed by atoms with van der Waals surface area (Å²) in [6.07, 6.45) is 1.61. The van der Waals surface area contributed by atoms with E-state index in [2.05, 4.69) is 9.72 Å². The van der Waals surface area contributed by atoms with Crippen molar-refractivity contribution in [3.8, 4) is 0 Å². The quantitative estimate of drug-likeness (QED) is 0.554. The first-order valence-electron chi connectivity index (χ1n) is 8.68. The Kier molecular flexibility index (Phi) is 6.32. The fraction of sp³-hybridized carbons (Fsp3) is 0.143. The van der Waals surface area contributed by atoms with Crippen molar-refractivity contribution in [3.63, 3.8) is 0 Å². The minimum Gasteiger partial charge on any atom is -0.465 e. The Labute approximate surface area is 174 Å². The second-order valence-electron chi connectivity index (χ2n) is 6.23. The van der Waals surface area contributed by atoms with Gasteiger partial charge < -0.3 is 4.74 Å². The van der Waals surface area contributed by atoms with Crippen molar-refractivity contribution in [3.05, 3.63) is 94.8 Å². The number of pyridine rings is 1. The number of benzene rings is 2. The molecule has 0 N–H and O–H groups in total. The first-order chi connectivity index (χ1) is 13.9. The molecule has 0 amide bonds. The van der Waals surface area contributed by atoms with E-state index < -0.39 is 22.0 Å². The molecule has 0 spiro atoms. The SMILES string of the molecule is COC(=O)c1ccc(Cl)c(S(=O)(=O)N(C)C(c2ccccc2)c2ccccn2)c1. The first kappa shape index (κ1) is 21.0. The molecule has 3 rings (SSSR count). The topological polar surface area (TPSA) is 76.6 Å². The zero-order chi connectivity index (χ0) is 21.0. The molecule has 1 heterocycles. The van der Waals surface area contributed by atoms with E-state index in [0.717, 1.165) is 5.56 Å². The Morgan fingerprint density at radius 3 is 2.38 bits per heavy atom. The van der Waals surface area contributed by atoms with Crippen LogP contribution in [0.4, 0.5) is 0 Å². The number of aromatic nitrogens is 1. The molecule has 0 fully saturated rings. The summed E-state index contributed by atoms with van der Waals surface area (Å²) in [7, 11) is -1.39. The van der Waals surface area contributed by atoms with Gasteiger partial charge in [0.05, 0.1) is 29.4 Å². The summed E-state index contributed by atoms with van der Waals surface area (Å²) in [5, 5.41) is 0.0114. The Morgan fingerprint density at radius 1 is 1.07 bits per heavy atom. The number of ether oxygens (including phenoxy) is 1. The van der Waals surface area contributed by atoms with Crippen LogP contribution in [0.2, 0.25) is 5.02 Å². The maximum absolute atomic E-state index is 13.5. The molecule has 0 aliphatic carbocycles. The summed E-state index contributed by atoms with van der Waals surface area (Å²) in [5.41, 5.74) is 1.40. The van der Waals surface area contributed by atoms with Gasteiger partial charge in [-0.05, 0) is 35.9 Å². The summed E-state index contributed by atoms with van der Waals surface area (Å²) < 4.78 is 32.8. The lowest BCUT2D eigenvalue weighted by molar-refractivity contribution is 0.0600. The molecule has 0 radical (unpaired) electrons. The number of sulfonamides is 1. The van der Waals surface area contributed by atoms with Gasteiger partial charge >= 0.3 is 5.97 Å². The van der Waals surface area contributed by atoms with E-state index in [4.69, 9.17) is 11.6 Å². The van der Waals surface area contributed by atoms with Gasteiger partial charge in [-0.15, -0.1) is 0 Å². The van der Waals surface area contributed by atoms with Crippen LogP contribution in [0.25, 0.3) is 0 Å². The maximum Gasteiger partial charge on any atom is 0.337 e. The van der Waals surface area contributed by atoms with Crippen LogP contribution >= 0.6 is 11.6 Å². The maximum atomic E-state index is 13.5. The summed E-state index contributed by atoms with van der Waals surface area (Å²) >= 11 is 6.20. The minimum atomic E-state index is -4.08. The van der Waals surface area contributed by atoms with Crippen LogP contribution in [-0.4, -0.2) is 37.8 Å². The van der Waals surface area contributed by atoms with E-state index in [1.165, 1.54) is 36.7 Å². The lowest BCUT2D eigenvalue weighted by Gasteiger charge is -2.28. The second-order valence-corrected chi connectivity index (χ2v) is 8.60. The number of carbonyl (C=O) groups excluding carboxylic acids is 1. The lowest BCUT2D eigenvalue weighted by Crippen LogP contribution is -2.33. The van der Waals surface area contributed by atoms with Crippen molar-refractivity contribution in [2.75, 3.05) is 14.2 Å². The number of nitrogens with zero attached hydrogens (tertiary/aromatic N) is 2. The van der Waals surface area contributed by atoms with E-state index in [9.17, 15) is 13.2 Å². The van der Waals surface area contributed by atoms with Gasteiger partial charge in [-0.3, -0.25) is 4.98 Å². The van der Waals surface area contributed by atoms with Crippen molar-refractivity contribution in [2.24, 2.45) is 0 Å². The molecule has 1 aromatic heterocycles. The molecule has 2 aromatic carbocycles. The Bertz CT molecular complexity index is 1070. The highest BCUT2D eigenvalue weighted by Crippen LogP contribution is 2.33. The number of rotatable bonds is 6. The third-order valence-corrected chi connectivity index (χ3v) is 6.76. The van der Waals surface area contributed by atoms with Crippen LogP contribution in [0, 0.1) is 0 Å². The second kappa shape index (κ2) is 8.73. The average Bonchev–Trinajstić information content (AvgIpc) is 2.75. The normalized spacial score (nSPS) is 12.6. The zero-order valence-electron chi connectivity index (χ0n) is 15.8. The number of hydrogen-bond donors (Lipinski definition) is 0. The van der Waals surface area contributed by atoms with Crippen molar-refractivity contribution < 1.29 is 17.9 Å². The number of esters is 1. The van der Waals surface area contributed by atoms with Crippen molar-refractivity contribution in [1.82, 2.24) is 9.29 Å². The highest BCUT2D eigenvalue weighted by atomic mass is 35.5. The van der Waals surface area contributed by atoms with E-state index in [1.807, 2.05) is 30.3 Å². The third-order valence-electron chi connectivity index (χ3n) is 4.46. The Balaban J connectivity index is 2.13. The van der Waals surface area contributed by atoms with Gasteiger partial charge in [0.15, 0.2) is 0 Å². The Morgan fingerprint density at radius 2 is 1.76 bits per heavy atom. The predicted molar refractivity (Wildman–Crippen MR) is 110 cm³/mol. The van der Waals surface area contributed by atoms with Crippen LogP contribution in [-0.2, 0) is 14.8 Å². The van der Waals surface area contributed by atoms with E-state index >= 15 is 0 Å². The fourth-order valence-corrected chi connectivity index (χ4v) is 4.80. The molecule has 1 atom stereocenters. The number of carbonyl (C=O) groups is 1. The van der Waals surface area contributed by atoms with E-state index in [-0.39, 0.29) is 15.5 Å². The smallest absolute Gasteiger partial charge is 0.337 e. The van der Waals surface area contributed by atoms with Gasteiger partial charge in [0, 0.05) is 13.2 Å². The molecule has 0 aliphatic heterocycles. The molecule has 3 aromatic rings. The summed E-state index contributed by atoms with van der Waals surface area (Å²) in [6, 6.07) is 17.8. The molecule has 150 valence electrons. The average molecular weight is 431 g/mol. The summed E-state index contributed by atoms with van der Waals surface area (Å²) in [4.78, 5) is 16.0. The van der Waals surface area contributed by atoms with Crippen LogP contribution in [0.3, 0.4) is 0 Å². The molecule has 0 aliphatic rings. The molecular weight excluding hydrogens is 412 g/mol. The highest BCUT2D eigenvalue weighted by Gasteiger charge is 2.33. The number of halogens is 1. The summed E-state index contributed by atoms with van der Waals surface area (Å²) in [6.45, 7) is 0. The molecule has 0 saturated carbocycles. The van der Waals surface area contributed by atoms with Crippen molar-refractivity contribution >= 4 is 27.6 Å². The van der Waals surface area contributed by atoms with Crippen LogP contribution < -0.4 is 0 Å². The minimum absolute atomic E-state index is 0.0114. The van der Waals surface area contributed by atoms with Crippen molar-refractivity contribution in [1.29, 1.82) is 0 Å². The number of hydrogen-bond acceptors (Lipinski definition) is 5. The third kappa shape index (κ3) is 4.32. The van der Waals surface area contributed by atoms with Gasteiger partial charge in [-0.2, -0.15) is 4.31 Å². The van der Waals surface area contributed by atoms with Gasteiger partial charge in [-0.1, -0.05) is 48.0 Å². The van der Waals surface area contributed by atoms with Crippen LogP contribution in [0.1, 0.15) is 27.7 Å². The van der Waals surface area contributed by atoms with E-state index in [0.29, 0.717) is 5.69 Å². The molecule has 6 nitrogen and oxygen atoms in total. The van der Waals surface area contributed by atoms with Crippen LogP contribution in [0.5, 0.6) is 0 Å². The van der Waals surface area contributed by atoms with Gasteiger partial charge in [-0.25, -0.2) is 13.2 Å². The van der Waals surface area contributed by atoms with Gasteiger partial charge in [0.25, 0.3) is 0 Å².